The van der Waals surface area contributed by atoms with Crippen LogP contribution in [0.1, 0.15) is 24.8 Å². The lowest BCUT2D eigenvalue weighted by molar-refractivity contribution is -0.132. The second-order valence-electron chi connectivity index (χ2n) is 8.31. The number of rotatable bonds is 4. The van der Waals surface area contributed by atoms with Gasteiger partial charge in [0.05, 0.1) is 10.6 Å². The molecule has 2 saturated heterocycles. The fraction of sp³-hybridized carbons (Fsp3) is 0.240. The number of nitrogens with zero attached hydrogens (tertiary/aromatic N) is 3. The van der Waals surface area contributed by atoms with Gasteiger partial charge in [-0.1, -0.05) is 33.6 Å². The number of benzene rings is 2. The normalized spacial score (nSPS) is 17.9. The van der Waals surface area contributed by atoms with E-state index in [1.165, 1.54) is 6.42 Å². The summed E-state index contributed by atoms with van der Waals surface area (Å²) in [4.78, 5) is 42.1. The van der Waals surface area contributed by atoms with Crippen LogP contribution in [0, 0.1) is 0 Å². The third-order valence-corrected chi connectivity index (χ3v) is 7.63. The van der Waals surface area contributed by atoms with Crippen LogP contribution in [0.3, 0.4) is 0 Å². The van der Waals surface area contributed by atoms with Gasteiger partial charge in [0.15, 0.2) is 0 Å². The number of piperidine rings is 1. The Bertz CT molecular complexity index is 1350. The molecule has 2 aliphatic heterocycles. The summed E-state index contributed by atoms with van der Waals surface area (Å²) < 4.78 is 2.81. The third kappa shape index (κ3) is 4.54. The topological polar surface area (TPSA) is 62.6 Å². The number of amides is 3. The summed E-state index contributed by atoms with van der Waals surface area (Å²) in [5, 5.41) is 0.978. The highest BCUT2D eigenvalue weighted by molar-refractivity contribution is 9.10. The van der Waals surface area contributed by atoms with E-state index in [9.17, 15) is 14.4 Å². The average molecular weight is 559 g/mol. The van der Waals surface area contributed by atoms with Crippen molar-refractivity contribution >= 4 is 79.0 Å². The zero-order valence-corrected chi connectivity index (χ0v) is 21.3. The first kappa shape index (κ1) is 23.2. The van der Waals surface area contributed by atoms with Crippen LogP contribution in [0.15, 0.2) is 58.0 Å². The van der Waals surface area contributed by atoms with Gasteiger partial charge in [0.25, 0.3) is 11.1 Å². The fourth-order valence-corrected chi connectivity index (χ4v) is 5.76. The van der Waals surface area contributed by atoms with Crippen LogP contribution in [0.2, 0.25) is 5.02 Å². The van der Waals surface area contributed by atoms with Crippen LogP contribution in [-0.2, 0) is 16.1 Å². The fourth-order valence-electron chi connectivity index (χ4n) is 4.38. The molecule has 174 valence electrons. The van der Waals surface area contributed by atoms with Crippen LogP contribution < -0.4 is 4.90 Å². The van der Waals surface area contributed by atoms with E-state index in [1.807, 2.05) is 33.9 Å². The van der Waals surface area contributed by atoms with Gasteiger partial charge in [0, 0.05) is 45.2 Å². The number of fused-ring (bicyclic) bond motifs is 1. The monoisotopic (exact) mass is 557 g/mol. The van der Waals surface area contributed by atoms with E-state index >= 15 is 0 Å². The van der Waals surface area contributed by atoms with Crippen molar-refractivity contribution in [1.29, 1.82) is 0 Å². The Morgan fingerprint density at radius 3 is 2.65 bits per heavy atom. The molecule has 2 aromatic carbocycles. The molecule has 9 heteroatoms. The molecule has 3 heterocycles. The summed E-state index contributed by atoms with van der Waals surface area (Å²) in [6, 6.07) is 12.5. The number of carbonyl (C=O) groups is 3. The molecule has 0 aliphatic carbocycles. The molecule has 2 aliphatic rings. The van der Waals surface area contributed by atoms with Crippen LogP contribution in [0.4, 0.5) is 10.5 Å². The lowest BCUT2D eigenvalue weighted by Gasteiger charge is -2.27. The number of aromatic nitrogens is 1. The standard InChI is InChI=1S/C25H21BrClN3O3S/c26-17-7-8-21-20(12-17)16(14-29(21)15-23(31)28-9-2-1-3-10-28)11-22-24(32)30(25(33)34-22)19-6-4-5-18(27)13-19/h4-8,11-14H,1-3,9-10,15H2/b22-11-. The minimum Gasteiger partial charge on any atom is -0.341 e. The maximum Gasteiger partial charge on any atom is 0.298 e. The third-order valence-electron chi connectivity index (χ3n) is 6.04. The Morgan fingerprint density at radius 2 is 1.88 bits per heavy atom. The smallest absolute Gasteiger partial charge is 0.298 e. The zero-order valence-electron chi connectivity index (χ0n) is 18.2. The quantitative estimate of drug-likeness (QED) is 0.352. The van der Waals surface area contributed by atoms with Crippen LogP contribution in [0.5, 0.6) is 0 Å². The molecule has 1 aromatic heterocycles. The lowest BCUT2D eigenvalue weighted by Crippen LogP contribution is -2.37. The highest BCUT2D eigenvalue weighted by Gasteiger charge is 2.36. The zero-order chi connectivity index (χ0) is 23.8. The molecule has 0 unspecified atom stereocenters. The maximum atomic E-state index is 13.1. The van der Waals surface area contributed by atoms with Gasteiger partial charge < -0.3 is 9.47 Å². The Morgan fingerprint density at radius 1 is 1.09 bits per heavy atom. The summed E-state index contributed by atoms with van der Waals surface area (Å²) in [5.74, 6) is -0.301. The van der Waals surface area contributed by atoms with Gasteiger partial charge in [0.1, 0.15) is 6.54 Å². The SMILES string of the molecule is O=C(Cn1cc(/C=C2\SC(=O)N(c3cccc(Cl)c3)C2=O)c2cc(Br)ccc21)N1CCCCC1. The summed E-state index contributed by atoms with van der Waals surface area (Å²) in [7, 11) is 0. The summed E-state index contributed by atoms with van der Waals surface area (Å²) in [6.07, 6.45) is 6.86. The van der Waals surface area contributed by atoms with Crippen LogP contribution >= 0.6 is 39.3 Å². The first-order valence-corrected chi connectivity index (χ1v) is 13.0. The molecular weight excluding hydrogens is 538 g/mol. The van der Waals surface area contributed by atoms with E-state index in [2.05, 4.69) is 15.9 Å². The molecule has 0 atom stereocenters. The number of hydrogen-bond donors (Lipinski definition) is 0. The molecule has 0 saturated carbocycles. The average Bonchev–Trinajstić information content (AvgIpc) is 3.29. The Hall–Kier alpha value is -2.55. The molecule has 34 heavy (non-hydrogen) atoms. The van der Waals surface area contributed by atoms with Crippen LogP contribution in [-0.4, -0.2) is 39.6 Å². The number of anilines is 1. The molecule has 3 aromatic rings. The highest BCUT2D eigenvalue weighted by Crippen LogP contribution is 2.38. The maximum absolute atomic E-state index is 13.1. The molecule has 0 bridgehead atoms. The number of halogens is 2. The molecule has 6 nitrogen and oxygen atoms in total. The second kappa shape index (κ2) is 9.60. The Kier molecular flexibility index (Phi) is 6.55. The van der Waals surface area contributed by atoms with E-state index in [0.29, 0.717) is 15.6 Å². The molecule has 2 fully saturated rings. The minimum absolute atomic E-state index is 0.0901. The molecule has 5 rings (SSSR count). The van der Waals surface area contributed by atoms with Crippen molar-refractivity contribution in [1.82, 2.24) is 9.47 Å². The molecule has 0 N–H and O–H groups in total. The van der Waals surface area contributed by atoms with Gasteiger partial charge in [-0.2, -0.15) is 0 Å². The lowest BCUT2D eigenvalue weighted by atomic mass is 10.1. The predicted molar refractivity (Wildman–Crippen MR) is 140 cm³/mol. The van der Waals surface area contributed by atoms with Crippen molar-refractivity contribution in [2.45, 2.75) is 25.8 Å². The van der Waals surface area contributed by atoms with Gasteiger partial charge in [-0.25, -0.2) is 4.90 Å². The van der Waals surface area contributed by atoms with Crippen molar-refractivity contribution < 1.29 is 14.4 Å². The van der Waals surface area contributed by atoms with Crippen molar-refractivity contribution in [2.75, 3.05) is 18.0 Å². The van der Waals surface area contributed by atoms with E-state index in [4.69, 9.17) is 11.6 Å². The molecule has 0 radical (unpaired) electrons. The Balaban J connectivity index is 1.49. The number of imide groups is 1. The van der Waals surface area contributed by atoms with Crippen molar-refractivity contribution in [2.24, 2.45) is 0 Å². The molecule has 3 amide bonds. The van der Waals surface area contributed by atoms with Crippen molar-refractivity contribution in [3.8, 4) is 0 Å². The van der Waals surface area contributed by atoms with Gasteiger partial charge >= 0.3 is 0 Å². The molecule has 0 spiro atoms. The van der Waals surface area contributed by atoms with E-state index in [-0.39, 0.29) is 17.7 Å². The van der Waals surface area contributed by atoms with Gasteiger partial charge in [-0.3, -0.25) is 14.4 Å². The predicted octanol–water partition coefficient (Wildman–Crippen LogP) is 6.31. The van der Waals surface area contributed by atoms with Gasteiger partial charge in [-0.15, -0.1) is 0 Å². The minimum atomic E-state index is -0.391. The Labute approximate surface area is 214 Å². The van der Waals surface area contributed by atoms with E-state index < -0.39 is 5.91 Å². The van der Waals surface area contributed by atoms with Gasteiger partial charge in [-0.05, 0) is 73.5 Å². The number of likely N-dealkylation sites (tertiary alicyclic amines) is 1. The van der Waals surface area contributed by atoms with E-state index in [0.717, 1.165) is 63.5 Å². The number of carbonyl (C=O) groups excluding carboxylic acids is 3. The first-order chi connectivity index (χ1) is 16.4. The highest BCUT2D eigenvalue weighted by atomic mass is 79.9. The first-order valence-electron chi connectivity index (χ1n) is 11.0. The van der Waals surface area contributed by atoms with Crippen molar-refractivity contribution in [3.63, 3.8) is 0 Å². The van der Waals surface area contributed by atoms with Gasteiger partial charge in [0.2, 0.25) is 5.91 Å². The summed E-state index contributed by atoms with van der Waals surface area (Å²) in [6.45, 7) is 1.83. The van der Waals surface area contributed by atoms with Crippen LogP contribution in [0.25, 0.3) is 17.0 Å². The number of thioether (sulfide) groups is 1. The second-order valence-corrected chi connectivity index (χ2v) is 10.7. The molecular formula is C25H21BrClN3O3S. The summed E-state index contributed by atoms with van der Waals surface area (Å²) >= 11 is 10.5. The van der Waals surface area contributed by atoms with Crippen molar-refractivity contribution in [3.05, 3.63) is 68.6 Å². The largest absolute Gasteiger partial charge is 0.341 e. The van der Waals surface area contributed by atoms with E-state index in [1.54, 1.807) is 30.3 Å². The number of hydrogen-bond acceptors (Lipinski definition) is 4. The summed E-state index contributed by atoms with van der Waals surface area (Å²) in [5.41, 5.74) is 2.11.